The summed E-state index contributed by atoms with van der Waals surface area (Å²) in [4.78, 5) is 10.8. The minimum Gasteiger partial charge on any atom is -0.344 e. The van der Waals surface area contributed by atoms with Crippen molar-refractivity contribution in [3.05, 3.63) is 52.4 Å². The van der Waals surface area contributed by atoms with E-state index in [1.807, 2.05) is 50.2 Å². The second kappa shape index (κ2) is 11.1. The highest BCUT2D eigenvalue weighted by molar-refractivity contribution is 5.92. The quantitative estimate of drug-likeness (QED) is 0.422. The Labute approximate surface area is 160 Å². The van der Waals surface area contributed by atoms with Gasteiger partial charge < -0.3 is 14.2 Å². The van der Waals surface area contributed by atoms with Crippen LogP contribution in [0.5, 0.6) is 0 Å². The number of nitroso groups, excluding NO2 is 1. The highest BCUT2D eigenvalue weighted by Gasteiger charge is 2.06. The lowest BCUT2D eigenvalue weighted by molar-refractivity contribution is -0.0969. The molecule has 0 bridgehead atoms. The van der Waals surface area contributed by atoms with Gasteiger partial charge in [-0.3, -0.25) is 0 Å². The molecule has 0 spiro atoms. The van der Waals surface area contributed by atoms with Crippen molar-refractivity contribution in [3.63, 3.8) is 0 Å². The molecule has 0 aromatic heterocycles. The van der Waals surface area contributed by atoms with E-state index in [4.69, 9.17) is 14.2 Å². The number of fused-ring (bicyclic) bond motifs is 1. The Balaban J connectivity index is 2.40. The Bertz CT molecular complexity index is 880. The van der Waals surface area contributed by atoms with Gasteiger partial charge in [0.1, 0.15) is 0 Å². The molecule has 1 unspecified atom stereocenters. The fourth-order valence-corrected chi connectivity index (χ4v) is 2.49. The normalized spacial score (nSPS) is 11.4. The van der Waals surface area contributed by atoms with Crippen LogP contribution in [0.25, 0.3) is 10.8 Å². The molecule has 140 valence electrons. The van der Waals surface area contributed by atoms with Crippen LogP contribution in [0.1, 0.15) is 31.9 Å². The van der Waals surface area contributed by atoms with Crippen LogP contribution >= 0.6 is 0 Å². The number of nitrogens with zero attached hydrogens (tertiary/aromatic N) is 1. The lowest BCUT2D eigenvalue weighted by atomic mass is 10.0. The topological polar surface area (TPSA) is 57.1 Å². The number of hydrogen-bond donors (Lipinski definition) is 0. The summed E-state index contributed by atoms with van der Waals surface area (Å²) in [5.74, 6) is 11.9. The van der Waals surface area contributed by atoms with Crippen molar-refractivity contribution >= 4 is 10.8 Å². The molecule has 0 aliphatic rings. The molecule has 5 heteroatoms. The van der Waals surface area contributed by atoms with Crippen LogP contribution in [0.2, 0.25) is 0 Å². The van der Waals surface area contributed by atoms with Crippen LogP contribution in [0.4, 0.5) is 0 Å². The average Bonchev–Trinajstić information content (AvgIpc) is 2.69. The smallest absolute Gasteiger partial charge is 0.252 e. The largest absolute Gasteiger partial charge is 0.344 e. The fraction of sp³-hybridized carbons (Fsp3) is 0.364. The molecule has 0 saturated heterocycles. The van der Waals surface area contributed by atoms with Crippen LogP contribution in [0.3, 0.4) is 0 Å². The summed E-state index contributed by atoms with van der Waals surface area (Å²) in [5.41, 5.74) is 1.64. The Morgan fingerprint density at radius 2 is 1.33 bits per heavy atom. The lowest BCUT2D eigenvalue weighted by Crippen LogP contribution is -2.14. The number of benzene rings is 2. The average molecular weight is 365 g/mol. The van der Waals surface area contributed by atoms with Gasteiger partial charge in [-0.15, -0.1) is 4.91 Å². The minimum atomic E-state index is -0.966. The maximum absolute atomic E-state index is 10.8. The number of rotatable bonds is 7. The second-order valence-corrected chi connectivity index (χ2v) is 5.40. The standard InChI is InChI=1S/C22H23NO4/c1-4-25-21(23-24)15-13-17-9-7-12-20-18(10-8-11-19(17)20)14-16-22(26-5-2)27-6-3/h7-12,21-22H,4-6H2,1-3H3. The maximum Gasteiger partial charge on any atom is 0.252 e. The molecule has 0 aliphatic carbocycles. The van der Waals surface area contributed by atoms with Gasteiger partial charge in [-0.1, -0.05) is 36.1 Å². The predicted octanol–water partition coefficient (Wildman–Crippen LogP) is 4.07. The molecule has 27 heavy (non-hydrogen) atoms. The maximum atomic E-state index is 10.8. The number of ether oxygens (including phenoxy) is 3. The van der Waals surface area contributed by atoms with E-state index in [-0.39, 0.29) is 0 Å². The van der Waals surface area contributed by atoms with Crippen LogP contribution in [-0.4, -0.2) is 32.3 Å². The van der Waals surface area contributed by atoms with Crippen molar-refractivity contribution in [3.8, 4) is 23.7 Å². The molecular formula is C22H23NO4. The summed E-state index contributed by atoms with van der Waals surface area (Å²) in [6.45, 7) is 7.03. The summed E-state index contributed by atoms with van der Waals surface area (Å²) >= 11 is 0. The lowest BCUT2D eigenvalue weighted by Gasteiger charge is -2.10. The first kappa shape index (κ1) is 20.6. The first-order valence-corrected chi connectivity index (χ1v) is 8.95. The molecule has 0 aliphatic heterocycles. The summed E-state index contributed by atoms with van der Waals surface area (Å²) in [7, 11) is 0. The zero-order valence-electron chi connectivity index (χ0n) is 15.8. The van der Waals surface area contributed by atoms with E-state index in [0.717, 1.165) is 21.9 Å². The Hall–Kier alpha value is -2.70. The van der Waals surface area contributed by atoms with Crippen molar-refractivity contribution in [2.24, 2.45) is 5.18 Å². The van der Waals surface area contributed by atoms with E-state index >= 15 is 0 Å². The third-order valence-corrected chi connectivity index (χ3v) is 3.63. The molecule has 0 N–H and O–H groups in total. The van der Waals surface area contributed by atoms with Crippen molar-refractivity contribution in [2.45, 2.75) is 33.3 Å². The molecular weight excluding hydrogens is 342 g/mol. The van der Waals surface area contributed by atoms with Gasteiger partial charge in [0.25, 0.3) is 6.23 Å². The van der Waals surface area contributed by atoms with Crippen LogP contribution in [-0.2, 0) is 14.2 Å². The molecule has 2 rings (SSSR count). The van der Waals surface area contributed by atoms with Crippen molar-refractivity contribution in [1.82, 2.24) is 0 Å². The Morgan fingerprint density at radius 3 is 1.81 bits per heavy atom. The van der Waals surface area contributed by atoms with E-state index in [0.29, 0.717) is 19.8 Å². The highest BCUT2D eigenvalue weighted by Crippen LogP contribution is 2.21. The molecule has 0 radical (unpaired) electrons. The number of hydrogen-bond acceptors (Lipinski definition) is 5. The fourth-order valence-electron chi connectivity index (χ4n) is 2.49. The summed E-state index contributed by atoms with van der Waals surface area (Å²) in [6, 6.07) is 11.6. The zero-order valence-corrected chi connectivity index (χ0v) is 15.8. The molecule has 2 aromatic carbocycles. The third kappa shape index (κ3) is 5.91. The monoisotopic (exact) mass is 365 g/mol. The molecule has 1 atom stereocenters. The summed E-state index contributed by atoms with van der Waals surface area (Å²) < 4.78 is 16.1. The van der Waals surface area contributed by atoms with Crippen molar-refractivity contribution in [1.29, 1.82) is 0 Å². The predicted molar refractivity (Wildman–Crippen MR) is 106 cm³/mol. The van der Waals surface area contributed by atoms with Crippen LogP contribution < -0.4 is 0 Å². The van der Waals surface area contributed by atoms with Gasteiger partial charge in [-0.25, -0.2) is 0 Å². The van der Waals surface area contributed by atoms with E-state index in [2.05, 4.69) is 28.9 Å². The van der Waals surface area contributed by atoms with E-state index in [9.17, 15) is 4.91 Å². The molecule has 5 nitrogen and oxygen atoms in total. The Morgan fingerprint density at radius 1 is 0.815 bits per heavy atom. The third-order valence-electron chi connectivity index (χ3n) is 3.63. The van der Waals surface area contributed by atoms with Gasteiger partial charge in [0.2, 0.25) is 6.29 Å². The minimum absolute atomic E-state index is 0.376. The van der Waals surface area contributed by atoms with E-state index < -0.39 is 12.5 Å². The summed E-state index contributed by atoms with van der Waals surface area (Å²) in [6.07, 6.45) is -1.52. The summed E-state index contributed by atoms with van der Waals surface area (Å²) in [5, 5.41) is 4.79. The van der Waals surface area contributed by atoms with Gasteiger partial charge in [-0.2, -0.15) is 0 Å². The van der Waals surface area contributed by atoms with Crippen molar-refractivity contribution < 1.29 is 14.2 Å². The van der Waals surface area contributed by atoms with E-state index in [1.165, 1.54) is 0 Å². The first-order chi connectivity index (χ1) is 13.2. The second-order valence-electron chi connectivity index (χ2n) is 5.40. The van der Waals surface area contributed by atoms with Gasteiger partial charge in [0, 0.05) is 30.9 Å². The van der Waals surface area contributed by atoms with Crippen molar-refractivity contribution in [2.75, 3.05) is 19.8 Å². The van der Waals surface area contributed by atoms with Gasteiger partial charge in [0.15, 0.2) is 0 Å². The van der Waals surface area contributed by atoms with E-state index in [1.54, 1.807) is 6.92 Å². The van der Waals surface area contributed by atoms with Gasteiger partial charge in [0.05, 0.1) is 0 Å². The molecule has 0 saturated carbocycles. The Kier molecular flexibility index (Phi) is 8.48. The molecule has 0 amide bonds. The van der Waals surface area contributed by atoms with Gasteiger partial charge >= 0.3 is 0 Å². The molecule has 0 fully saturated rings. The van der Waals surface area contributed by atoms with Gasteiger partial charge in [-0.05, 0) is 60.7 Å². The molecule has 2 aromatic rings. The molecule has 0 heterocycles. The SMILES string of the molecule is CCOC(C#Cc1cccc2c(C#CC(OCC)OCC)cccc12)N=O. The first-order valence-electron chi connectivity index (χ1n) is 8.95. The van der Waals surface area contributed by atoms with Crippen LogP contribution in [0, 0.1) is 28.6 Å². The zero-order chi connectivity index (χ0) is 19.5. The van der Waals surface area contributed by atoms with Crippen LogP contribution in [0.15, 0.2) is 41.6 Å². The highest BCUT2D eigenvalue weighted by atomic mass is 16.7.